The van der Waals surface area contributed by atoms with Crippen LogP contribution in [-0.4, -0.2) is 78.7 Å². The summed E-state index contributed by atoms with van der Waals surface area (Å²) in [6.07, 6.45) is 11.5. The Morgan fingerprint density at radius 2 is 1.27 bits per heavy atom. The molecule has 0 bridgehead atoms. The van der Waals surface area contributed by atoms with E-state index in [1.54, 1.807) is 0 Å². The molecule has 1 unspecified atom stereocenters. The summed E-state index contributed by atoms with van der Waals surface area (Å²) in [4.78, 5) is 5.86. The quantitative estimate of drug-likeness (QED) is 0.172. The van der Waals surface area contributed by atoms with E-state index in [-0.39, 0.29) is 30.6 Å². The summed E-state index contributed by atoms with van der Waals surface area (Å²) in [5, 5.41) is 27.7. The van der Waals surface area contributed by atoms with Gasteiger partial charge in [0.15, 0.2) is 0 Å². The van der Waals surface area contributed by atoms with Crippen molar-refractivity contribution in [1.82, 2.24) is 0 Å². The maximum absolute atomic E-state index is 9.24. The summed E-state index contributed by atoms with van der Waals surface area (Å²) >= 11 is 0. The minimum Gasteiger partial charge on any atom is -0.390 e. The molecule has 0 saturated carbocycles. The van der Waals surface area contributed by atoms with E-state index in [0.29, 0.717) is 32.8 Å². The van der Waals surface area contributed by atoms with E-state index in [0.717, 1.165) is 12.8 Å². The van der Waals surface area contributed by atoms with Gasteiger partial charge in [0.1, 0.15) is 26.2 Å². The first-order valence-electron chi connectivity index (χ1n) is 10.6. The van der Waals surface area contributed by atoms with Crippen LogP contribution in [0.15, 0.2) is 0 Å². The first-order valence-corrected chi connectivity index (χ1v) is 10.6. The van der Waals surface area contributed by atoms with E-state index in [4.69, 9.17) is 9.57 Å². The molecule has 158 valence electrons. The zero-order valence-electron chi connectivity index (χ0n) is 17.2. The third kappa shape index (κ3) is 13.0. The Morgan fingerprint density at radius 3 is 1.77 bits per heavy atom. The number of hydroxylamine groups is 3. The molecule has 0 saturated heterocycles. The Morgan fingerprint density at radius 1 is 0.731 bits per heavy atom. The molecule has 0 rings (SSSR count). The molecule has 0 aliphatic heterocycles. The second-order valence-electron chi connectivity index (χ2n) is 7.04. The molecule has 0 amide bonds. The Balaban J connectivity index is 3.97. The lowest BCUT2D eigenvalue weighted by Crippen LogP contribution is -2.53. The molecule has 6 nitrogen and oxygen atoms in total. The van der Waals surface area contributed by atoms with Crippen molar-refractivity contribution in [2.75, 3.05) is 52.7 Å². The molecule has 0 aromatic carbocycles. The Kier molecular flexibility index (Phi) is 18.0. The largest absolute Gasteiger partial charge is 0.390 e. The lowest BCUT2D eigenvalue weighted by atomic mass is 10.1. The average molecular weight is 379 g/mol. The second kappa shape index (κ2) is 18.1. The molecule has 0 aromatic rings. The number of quaternary nitrogens is 1. The molecule has 0 aliphatic carbocycles. The van der Waals surface area contributed by atoms with E-state index < -0.39 is 0 Å². The van der Waals surface area contributed by atoms with Gasteiger partial charge < -0.3 is 20.1 Å². The number of rotatable bonds is 20. The first-order chi connectivity index (χ1) is 12.7. The lowest BCUT2D eigenvalue weighted by Gasteiger charge is -2.34. The van der Waals surface area contributed by atoms with Gasteiger partial charge in [0.25, 0.3) is 0 Å². The van der Waals surface area contributed by atoms with Gasteiger partial charge in [0.2, 0.25) is 0 Å². The smallest absolute Gasteiger partial charge is 0.132 e. The summed E-state index contributed by atoms with van der Waals surface area (Å²) in [6.45, 7) is 6.22. The van der Waals surface area contributed by atoms with Crippen molar-refractivity contribution in [3.63, 3.8) is 0 Å². The summed E-state index contributed by atoms with van der Waals surface area (Å²) in [5.41, 5.74) is 0. The molecule has 0 aromatic heterocycles. The Hall–Kier alpha value is -0.240. The van der Waals surface area contributed by atoms with Crippen LogP contribution in [-0.2, 0) is 9.57 Å². The van der Waals surface area contributed by atoms with Gasteiger partial charge >= 0.3 is 0 Å². The van der Waals surface area contributed by atoms with Crippen LogP contribution in [0.5, 0.6) is 0 Å². The van der Waals surface area contributed by atoms with E-state index in [1.165, 1.54) is 44.9 Å². The fraction of sp³-hybridized carbons (Fsp3) is 1.00. The number of ether oxygens (including phenoxy) is 1. The van der Waals surface area contributed by atoms with Crippen LogP contribution in [0.1, 0.15) is 71.6 Å². The minimum absolute atomic E-state index is 0.0449. The zero-order chi connectivity index (χ0) is 19.5. The highest BCUT2D eigenvalue weighted by Crippen LogP contribution is 2.13. The summed E-state index contributed by atoms with van der Waals surface area (Å²) in [6, 6.07) is 0. The normalized spacial score (nSPS) is 13.3. The third-order valence-electron chi connectivity index (χ3n) is 4.91. The fourth-order valence-electron chi connectivity index (χ4n) is 3.26. The summed E-state index contributed by atoms with van der Waals surface area (Å²) < 4.78 is 6.01. The molecule has 0 aliphatic rings. The topological polar surface area (TPSA) is 79.2 Å². The van der Waals surface area contributed by atoms with Crippen molar-refractivity contribution in [3.05, 3.63) is 0 Å². The second-order valence-corrected chi connectivity index (χ2v) is 7.04. The van der Waals surface area contributed by atoms with E-state index in [1.807, 2.05) is 0 Å². The van der Waals surface area contributed by atoms with Crippen molar-refractivity contribution in [1.29, 1.82) is 0 Å². The first kappa shape index (κ1) is 25.8. The standard InChI is InChI=1S/C20H44NO5/c1-3-5-6-7-8-9-10-11-20(4-2)25-18-19-26-21(12-15-22,13-16-23)14-17-24/h20,22-24H,3-19H2,1-2H3/q+1. The van der Waals surface area contributed by atoms with Gasteiger partial charge in [0, 0.05) is 0 Å². The number of unbranched alkanes of at least 4 members (excludes halogenated alkanes) is 6. The van der Waals surface area contributed by atoms with Gasteiger partial charge in [-0.2, -0.15) is 4.65 Å². The van der Waals surface area contributed by atoms with Gasteiger partial charge in [-0.05, 0) is 12.8 Å². The monoisotopic (exact) mass is 378 g/mol. The number of aliphatic hydroxyl groups is 3. The summed E-state index contributed by atoms with van der Waals surface area (Å²) in [5.74, 6) is 0. The van der Waals surface area contributed by atoms with E-state index in [9.17, 15) is 15.3 Å². The molecular weight excluding hydrogens is 334 g/mol. The van der Waals surface area contributed by atoms with Crippen LogP contribution in [0.3, 0.4) is 0 Å². The fourth-order valence-corrected chi connectivity index (χ4v) is 3.26. The number of hydrogen-bond donors (Lipinski definition) is 3. The molecule has 0 spiro atoms. The highest BCUT2D eigenvalue weighted by molar-refractivity contribution is 4.56. The van der Waals surface area contributed by atoms with Crippen molar-refractivity contribution in [2.24, 2.45) is 0 Å². The Bertz CT molecular complexity index is 274. The van der Waals surface area contributed by atoms with E-state index in [2.05, 4.69) is 13.8 Å². The van der Waals surface area contributed by atoms with Crippen LogP contribution < -0.4 is 0 Å². The van der Waals surface area contributed by atoms with Gasteiger partial charge in [-0.3, -0.25) is 0 Å². The van der Waals surface area contributed by atoms with Crippen LogP contribution in [0.4, 0.5) is 0 Å². The maximum atomic E-state index is 9.24. The van der Waals surface area contributed by atoms with Crippen LogP contribution in [0, 0.1) is 0 Å². The zero-order valence-corrected chi connectivity index (χ0v) is 17.2. The molecule has 26 heavy (non-hydrogen) atoms. The average Bonchev–Trinajstić information content (AvgIpc) is 2.63. The SMILES string of the molecule is CCCCCCCCCC(CC)OCCO[N+](CCO)(CCO)CCO. The molecule has 6 heteroatoms. The highest BCUT2D eigenvalue weighted by atomic mass is 16.7. The molecule has 1 atom stereocenters. The van der Waals surface area contributed by atoms with Gasteiger partial charge in [0.05, 0.1) is 32.5 Å². The molecule has 0 radical (unpaired) electrons. The van der Waals surface area contributed by atoms with Crippen LogP contribution in [0.25, 0.3) is 0 Å². The molecular formula is C20H44NO5+. The third-order valence-corrected chi connectivity index (χ3v) is 4.91. The van der Waals surface area contributed by atoms with Crippen LogP contribution >= 0.6 is 0 Å². The lowest BCUT2D eigenvalue weighted by molar-refractivity contribution is -1.10. The van der Waals surface area contributed by atoms with Crippen molar-refractivity contribution in [2.45, 2.75) is 77.7 Å². The Labute approximate surface area is 160 Å². The van der Waals surface area contributed by atoms with Crippen LogP contribution in [0.2, 0.25) is 0 Å². The van der Waals surface area contributed by atoms with Crippen molar-refractivity contribution < 1.29 is 29.5 Å². The molecule has 3 N–H and O–H groups in total. The molecule has 0 heterocycles. The number of nitrogens with zero attached hydrogens (tertiary/aromatic N) is 1. The predicted molar refractivity (Wildman–Crippen MR) is 105 cm³/mol. The maximum Gasteiger partial charge on any atom is 0.132 e. The predicted octanol–water partition coefficient (Wildman–Crippen LogP) is 2.65. The number of aliphatic hydroxyl groups excluding tert-OH is 3. The highest BCUT2D eigenvalue weighted by Gasteiger charge is 2.28. The minimum atomic E-state index is -0.0449. The van der Waals surface area contributed by atoms with Gasteiger partial charge in [-0.25, -0.2) is 4.84 Å². The van der Waals surface area contributed by atoms with Gasteiger partial charge in [-0.15, -0.1) is 0 Å². The van der Waals surface area contributed by atoms with Crippen molar-refractivity contribution >= 4 is 0 Å². The van der Waals surface area contributed by atoms with E-state index >= 15 is 0 Å². The number of hydrogen-bond acceptors (Lipinski definition) is 5. The van der Waals surface area contributed by atoms with Crippen molar-refractivity contribution in [3.8, 4) is 0 Å². The summed E-state index contributed by atoms with van der Waals surface area (Å²) in [7, 11) is 0. The molecule has 0 fully saturated rings. The van der Waals surface area contributed by atoms with Gasteiger partial charge in [-0.1, -0.05) is 58.8 Å².